The molecule has 5 rings (SSSR count). The van der Waals surface area contributed by atoms with Gasteiger partial charge in [-0.05, 0) is 43.2 Å². The summed E-state index contributed by atoms with van der Waals surface area (Å²) in [7, 11) is 0. The minimum Gasteiger partial charge on any atom is -0.367 e. The van der Waals surface area contributed by atoms with Crippen LogP contribution in [0.2, 0.25) is 0 Å². The molecule has 0 saturated carbocycles. The van der Waals surface area contributed by atoms with E-state index in [2.05, 4.69) is 20.4 Å². The smallest absolute Gasteiger partial charge is 0.263 e. The quantitative estimate of drug-likeness (QED) is 0.517. The van der Waals surface area contributed by atoms with E-state index in [1.807, 2.05) is 41.3 Å². The van der Waals surface area contributed by atoms with Crippen molar-refractivity contribution in [1.82, 2.24) is 19.7 Å². The lowest BCUT2D eigenvalue weighted by Crippen LogP contribution is -2.43. The Morgan fingerprint density at radius 1 is 1.22 bits per heavy atom. The van der Waals surface area contributed by atoms with Crippen LogP contribution in [-0.2, 0) is 0 Å². The third kappa shape index (κ3) is 3.67. The second-order valence-corrected chi connectivity index (χ2v) is 7.75. The van der Waals surface area contributed by atoms with Gasteiger partial charge in [-0.3, -0.25) is 9.78 Å². The van der Waals surface area contributed by atoms with Crippen molar-refractivity contribution >= 4 is 22.7 Å². The molecule has 32 heavy (non-hydrogen) atoms. The van der Waals surface area contributed by atoms with E-state index in [0.29, 0.717) is 41.3 Å². The number of nitrogens with zero attached hydrogens (tertiary/aromatic N) is 5. The van der Waals surface area contributed by atoms with Gasteiger partial charge in [0.15, 0.2) is 5.65 Å². The monoisotopic (exact) mass is 429 g/mol. The van der Waals surface area contributed by atoms with Crippen molar-refractivity contribution in [2.24, 2.45) is 0 Å². The molecule has 0 radical (unpaired) electrons. The van der Waals surface area contributed by atoms with Gasteiger partial charge in [-0.2, -0.15) is 15.3 Å². The molecule has 1 unspecified atom stereocenters. The lowest BCUT2D eigenvalue weighted by atomic mass is 10.0. The zero-order valence-electron chi connectivity index (χ0n) is 17.1. The zero-order chi connectivity index (χ0) is 22.1. The molecule has 1 aliphatic rings. The molecule has 3 heterocycles. The van der Waals surface area contributed by atoms with E-state index >= 15 is 0 Å². The topological polar surface area (TPSA) is 103 Å². The minimum absolute atomic E-state index is 0.0347. The van der Waals surface area contributed by atoms with Gasteiger partial charge < -0.3 is 10.2 Å². The Balaban J connectivity index is 1.41. The highest BCUT2D eigenvalue weighted by molar-refractivity contribution is 5.76. The van der Waals surface area contributed by atoms with Crippen LogP contribution in [-0.4, -0.2) is 38.9 Å². The Labute approximate surface area is 182 Å². The van der Waals surface area contributed by atoms with Crippen molar-refractivity contribution in [2.45, 2.75) is 18.9 Å². The Morgan fingerprint density at radius 3 is 2.84 bits per heavy atom. The number of anilines is 2. The summed E-state index contributed by atoms with van der Waals surface area (Å²) in [5.74, 6) is -0.0586. The number of hydrogen-bond donors (Lipinski definition) is 2. The van der Waals surface area contributed by atoms with Gasteiger partial charge in [0.05, 0.1) is 29.2 Å². The Bertz CT molecular complexity index is 1370. The predicted octanol–water partition coefficient (Wildman–Crippen LogP) is 3.20. The molecule has 2 aromatic heterocycles. The minimum atomic E-state index is -0.413. The summed E-state index contributed by atoms with van der Waals surface area (Å²) in [6.07, 6.45) is 3.22. The number of para-hydroxylation sites is 1. The van der Waals surface area contributed by atoms with Gasteiger partial charge in [-0.15, -0.1) is 0 Å². The fraction of sp³-hybridized carbons (Fsp3) is 0.217. The molecule has 1 aliphatic heterocycles. The van der Waals surface area contributed by atoms with E-state index in [4.69, 9.17) is 5.26 Å². The lowest BCUT2D eigenvalue weighted by Gasteiger charge is -2.35. The molecule has 2 aromatic carbocycles. The molecule has 1 atom stereocenters. The number of benzene rings is 2. The van der Waals surface area contributed by atoms with Gasteiger partial charge in [0.2, 0.25) is 5.95 Å². The molecular formula is C23H20FN7O. The molecule has 2 N–H and O–H groups in total. The number of rotatable bonds is 4. The van der Waals surface area contributed by atoms with E-state index in [-0.39, 0.29) is 11.6 Å². The van der Waals surface area contributed by atoms with E-state index in [1.54, 1.807) is 16.8 Å². The van der Waals surface area contributed by atoms with E-state index in [9.17, 15) is 9.18 Å². The van der Waals surface area contributed by atoms with Crippen molar-refractivity contribution in [2.75, 3.05) is 23.3 Å². The summed E-state index contributed by atoms with van der Waals surface area (Å²) in [4.78, 5) is 21.9. The van der Waals surface area contributed by atoms with Gasteiger partial charge in [-0.1, -0.05) is 18.2 Å². The summed E-state index contributed by atoms with van der Waals surface area (Å²) in [6, 6.07) is 15.9. The first-order valence-electron chi connectivity index (χ1n) is 10.4. The summed E-state index contributed by atoms with van der Waals surface area (Å²) < 4.78 is 16.1. The van der Waals surface area contributed by atoms with Crippen LogP contribution in [0.5, 0.6) is 0 Å². The van der Waals surface area contributed by atoms with E-state index < -0.39 is 5.82 Å². The maximum absolute atomic E-state index is 14.5. The Morgan fingerprint density at radius 2 is 2.06 bits per heavy atom. The number of halogens is 1. The molecular weight excluding hydrogens is 409 g/mol. The lowest BCUT2D eigenvalue weighted by molar-refractivity contribution is 0.517. The SMILES string of the molecule is N#Cc1ccc(N2CCCC(Nc3nc4c(cnn4-c4ccccc4)c(=O)[nH]3)C2)c(F)c1. The van der Waals surface area contributed by atoms with Crippen molar-refractivity contribution in [3.63, 3.8) is 0 Å². The van der Waals surface area contributed by atoms with Gasteiger partial charge in [-0.25, -0.2) is 9.07 Å². The van der Waals surface area contributed by atoms with Crippen LogP contribution in [0.3, 0.4) is 0 Å². The maximum Gasteiger partial charge on any atom is 0.263 e. The first-order valence-corrected chi connectivity index (χ1v) is 10.4. The fourth-order valence-electron chi connectivity index (χ4n) is 4.08. The van der Waals surface area contributed by atoms with Crippen LogP contribution in [0.4, 0.5) is 16.0 Å². The van der Waals surface area contributed by atoms with Crippen LogP contribution in [0.1, 0.15) is 18.4 Å². The number of nitrogens with one attached hydrogen (secondary N) is 2. The number of piperidine rings is 1. The summed E-state index contributed by atoms with van der Waals surface area (Å²) in [6.45, 7) is 1.26. The molecule has 9 heteroatoms. The van der Waals surface area contributed by atoms with Crippen LogP contribution in [0.25, 0.3) is 16.7 Å². The van der Waals surface area contributed by atoms with Crippen LogP contribution in [0.15, 0.2) is 59.5 Å². The van der Waals surface area contributed by atoms with Crippen molar-refractivity contribution in [3.05, 3.63) is 76.5 Å². The van der Waals surface area contributed by atoms with Gasteiger partial charge >= 0.3 is 0 Å². The second kappa shape index (κ2) is 8.15. The summed E-state index contributed by atoms with van der Waals surface area (Å²) in [5.41, 5.74) is 1.77. The predicted molar refractivity (Wildman–Crippen MR) is 119 cm³/mol. The maximum atomic E-state index is 14.5. The zero-order valence-corrected chi connectivity index (χ0v) is 17.1. The third-order valence-corrected chi connectivity index (χ3v) is 5.62. The van der Waals surface area contributed by atoms with Crippen molar-refractivity contribution in [1.29, 1.82) is 5.26 Å². The van der Waals surface area contributed by atoms with E-state index in [1.165, 1.54) is 12.3 Å². The fourth-order valence-corrected chi connectivity index (χ4v) is 4.08. The molecule has 4 aromatic rings. The van der Waals surface area contributed by atoms with Gasteiger partial charge in [0.1, 0.15) is 11.2 Å². The molecule has 1 fully saturated rings. The highest BCUT2D eigenvalue weighted by atomic mass is 19.1. The highest BCUT2D eigenvalue weighted by Crippen LogP contribution is 2.25. The second-order valence-electron chi connectivity index (χ2n) is 7.75. The average molecular weight is 429 g/mol. The summed E-state index contributed by atoms with van der Waals surface area (Å²) >= 11 is 0. The number of fused-ring (bicyclic) bond motifs is 1. The molecule has 0 spiro atoms. The average Bonchev–Trinajstić information content (AvgIpc) is 3.24. The van der Waals surface area contributed by atoms with Crippen LogP contribution >= 0.6 is 0 Å². The largest absolute Gasteiger partial charge is 0.367 e. The molecule has 8 nitrogen and oxygen atoms in total. The van der Waals surface area contributed by atoms with Crippen LogP contribution < -0.4 is 15.8 Å². The molecule has 1 saturated heterocycles. The molecule has 0 bridgehead atoms. The number of H-pyrrole nitrogens is 1. The number of aromatic amines is 1. The van der Waals surface area contributed by atoms with Gasteiger partial charge in [0.25, 0.3) is 5.56 Å². The Hall–Kier alpha value is -4.19. The first-order chi connectivity index (χ1) is 15.6. The summed E-state index contributed by atoms with van der Waals surface area (Å²) in [5, 5.41) is 17.0. The number of hydrogen-bond acceptors (Lipinski definition) is 6. The van der Waals surface area contributed by atoms with Crippen molar-refractivity contribution < 1.29 is 4.39 Å². The molecule has 0 aliphatic carbocycles. The highest BCUT2D eigenvalue weighted by Gasteiger charge is 2.23. The standard InChI is InChI=1S/C23H20FN7O/c24-19-11-15(12-25)8-9-20(19)30-10-4-5-16(14-30)27-23-28-21-18(22(32)29-23)13-26-31(21)17-6-2-1-3-7-17/h1-3,6-9,11,13,16H,4-5,10,14H2,(H2,27,28,29,32). The normalized spacial score (nSPS) is 16.1. The molecule has 160 valence electrons. The Kier molecular flexibility index (Phi) is 5.03. The van der Waals surface area contributed by atoms with Crippen LogP contribution in [0, 0.1) is 17.1 Å². The third-order valence-electron chi connectivity index (χ3n) is 5.62. The molecule has 0 amide bonds. The first kappa shape index (κ1) is 19.8. The van der Waals surface area contributed by atoms with E-state index in [0.717, 1.165) is 18.5 Å². The number of nitriles is 1. The van der Waals surface area contributed by atoms with Crippen molar-refractivity contribution in [3.8, 4) is 11.8 Å². The van der Waals surface area contributed by atoms with Gasteiger partial charge in [0, 0.05) is 19.1 Å². The number of aromatic nitrogens is 4.